The molecule has 1 heterocycles. The molecule has 0 aromatic heterocycles. The van der Waals surface area contributed by atoms with Crippen molar-refractivity contribution in [2.24, 2.45) is 5.92 Å². The van der Waals surface area contributed by atoms with Crippen LogP contribution in [0.1, 0.15) is 20.3 Å². The maximum absolute atomic E-state index is 3.45. The molecule has 2 aliphatic rings. The van der Waals surface area contributed by atoms with Crippen LogP contribution in [0.25, 0.3) is 0 Å². The number of hydrogen-bond donors (Lipinski definition) is 1. The minimum absolute atomic E-state index is 0.485. The molecule has 1 aliphatic carbocycles. The molecule has 0 radical (unpaired) electrons. The highest BCUT2D eigenvalue weighted by Crippen LogP contribution is 2.24. The predicted molar refractivity (Wildman–Crippen MR) is 51.7 cm³/mol. The fraction of sp³-hybridized carbons (Fsp3) is 0.455. The fourth-order valence-corrected chi connectivity index (χ4v) is 1.70. The lowest BCUT2D eigenvalue weighted by atomic mass is 9.93. The van der Waals surface area contributed by atoms with Crippen molar-refractivity contribution in [3.05, 3.63) is 35.6 Å². The molecule has 1 N–H and O–H groups in total. The summed E-state index contributed by atoms with van der Waals surface area (Å²) in [4.78, 5) is 0. The Morgan fingerprint density at radius 3 is 3.08 bits per heavy atom. The molecule has 0 amide bonds. The Morgan fingerprint density at radius 2 is 2.25 bits per heavy atom. The Hall–Kier alpha value is -0.980. The zero-order valence-electron chi connectivity index (χ0n) is 7.67. The third-order valence-electron chi connectivity index (χ3n) is 2.42. The summed E-state index contributed by atoms with van der Waals surface area (Å²) in [7, 11) is 0. The molecule has 1 aliphatic heterocycles. The molecule has 0 spiro atoms. The van der Waals surface area contributed by atoms with E-state index in [1.807, 2.05) is 0 Å². The topological polar surface area (TPSA) is 12.0 Å². The Kier molecular flexibility index (Phi) is 1.80. The molecule has 0 fully saturated rings. The fourth-order valence-electron chi connectivity index (χ4n) is 1.70. The van der Waals surface area contributed by atoms with Crippen molar-refractivity contribution >= 4 is 0 Å². The highest BCUT2D eigenvalue weighted by molar-refractivity contribution is 5.44. The smallest absolute Gasteiger partial charge is 0.0419 e. The lowest BCUT2D eigenvalue weighted by Gasteiger charge is -2.25. The summed E-state index contributed by atoms with van der Waals surface area (Å²) >= 11 is 0. The van der Waals surface area contributed by atoms with Crippen LogP contribution >= 0.6 is 0 Å². The van der Waals surface area contributed by atoms with Gasteiger partial charge in [-0.2, -0.15) is 0 Å². The van der Waals surface area contributed by atoms with Gasteiger partial charge in [0.2, 0.25) is 0 Å². The molecule has 0 saturated heterocycles. The molecule has 2 rings (SSSR count). The molecule has 0 saturated carbocycles. The summed E-state index contributed by atoms with van der Waals surface area (Å²) in [5.74, 6) is 0.690. The van der Waals surface area contributed by atoms with Gasteiger partial charge in [0.25, 0.3) is 0 Å². The van der Waals surface area contributed by atoms with Crippen LogP contribution in [0.4, 0.5) is 0 Å². The van der Waals surface area contributed by atoms with E-state index in [0.29, 0.717) is 12.0 Å². The standard InChI is InChI=1S/C11H15N/c1-8-3-5-10-6-4-9(2)12-11(10)7-8/h4-9,12H,3H2,1-2H3. The van der Waals surface area contributed by atoms with Gasteiger partial charge in [-0.1, -0.05) is 31.2 Å². The molecule has 0 bridgehead atoms. The van der Waals surface area contributed by atoms with Crippen LogP contribution in [0.15, 0.2) is 35.6 Å². The first kappa shape index (κ1) is 7.66. The van der Waals surface area contributed by atoms with Crippen molar-refractivity contribution in [3.8, 4) is 0 Å². The lowest BCUT2D eigenvalue weighted by molar-refractivity contribution is 0.662. The van der Waals surface area contributed by atoms with Crippen molar-refractivity contribution in [1.29, 1.82) is 0 Å². The minimum atomic E-state index is 0.485. The van der Waals surface area contributed by atoms with Gasteiger partial charge in [-0.3, -0.25) is 0 Å². The van der Waals surface area contributed by atoms with E-state index in [0.717, 1.165) is 0 Å². The summed E-state index contributed by atoms with van der Waals surface area (Å²) in [6.07, 6.45) is 10.3. The molecule has 0 aromatic carbocycles. The van der Waals surface area contributed by atoms with E-state index in [9.17, 15) is 0 Å². The summed E-state index contributed by atoms with van der Waals surface area (Å²) in [6, 6.07) is 0.485. The van der Waals surface area contributed by atoms with Crippen molar-refractivity contribution < 1.29 is 0 Å². The summed E-state index contributed by atoms with van der Waals surface area (Å²) in [5, 5.41) is 3.45. The molecule has 1 heteroatoms. The van der Waals surface area contributed by atoms with Crippen LogP contribution in [0.5, 0.6) is 0 Å². The number of fused-ring (bicyclic) bond motifs is 1. The average molecular weight is 161 g/mol. The van der Waals surface area contributed by atoms with Crippen molar-refractivity contribution in [3.63, 3.8) is 0 Å². The molecule has 12 heavy (non-hydrogen) atoms. The van der Waals surface area contributed by atoms with E-state index in [1.165, 1.54) is 17.7 Å². The summed E-state index contributed by atoms with van der Waals surface area (Å²) < 4.78 is 0. The van der Waals surface area contributed by atoms with E-state index in [-0.39, 0.29) is 0 Å². The number of hydrogen-bond acceptors (Lipinski definition) is 1. The Labute approximate surface area is 73.9 Å². The van der Waals surface area contributed by atoms with E-state index < -0.39 is 0 Å². The maximum atomic E-state index is 3.45. The first-order chi connectivity index (χ1) is 5.75. The van der Waals surface area contributed by atoms with Gasteiger partial charge in [0.15, 0.2) is 0 Å². The summed E-state index contributed by atoms with van der Waals surface area (Å²) in [5.41, 5.74) is 2.69. The summed E-state index contributed by atoms with van der Waals surface area (Å²) in [6.45, 7) is 4.43. The third kappa shape index (κ3) is 1.31. The largest absolute Gasteiger partial charge is 0.379 e. The first-order valence-corrected chi connectivity index (χ1v) is 4.63. The van der Waals surface area contributed by atoms with E-state index in [2.05, 4.69) is 43.5 Å². The highest BCUT2D eigenvalue weighted by atomic mass is 14.9. The van der Waals surface area contributed by atoms with Gasteiger partial charge < -0.3 is 5.32 Å². The van der Waals surface area contributed by atoms with E-state index >= 15 is 0 Å². The van der Waals surface area contributed by atoms with Crippen LogP contribution in [-0.4, -0.2) is 6.04 Å². The van der Waals surface area contributed by atoms with Gasteiger partial charge in [-0.05, 0) is 24.8 Å². The molecule has 1 nitrogen and oxygen atoms in total. The monoisotopic (exact) mass is 161 g/mol. The van der Waals surface area contributed by atoms with Crippen molar-refractivity contribution in [2.75, 3.05) is 0 Å². The molecular formula is C11H15N. The van der Waals surface area contributed by atoms with Crippen LogP contribution in [-0.2, 0) is 0 Å². The normalized spacial score (nSPS) is 33.2. The Morgan fingerprint density at radius 1 is 1.42 bits per heavy atom. The van der Waals surface area contributed by atoms with Gasteiger partial charge in [-0.25, -0.2) is 0 Å². The van der Waals surface area contributed by atoms with Gasteiger partial charge >= 0.3 is 0 Å². The predicted octanol–water partition coefficient (Wildman–Crippen LogP) is 2.38. The Bertz CT molecular complexity index is 271. The zero-order chi connectivity index (χ0) is 8.55. The second kappa shape index (κ2) is 2.81. The number of rotatable bonds is 0. The zero-order valence-corrected chi connectivity index (χ0v) is 7.67. The molecule has 2 atom stereocenters. The van der Waals surface area contributed by atoms with Gasteiger partial charge in [0.05, 0.1) is 0 Å². The van der Waals surface area contributed by atoms with E-state index in [1.54, 1.807) is 0 Å². The van der Waals surface area contributed by atoms with Gasteiger partial charge in [0, 0.05) is 11.7 Å². The van der Waals surface area contributed by atoms with Crippen LogP contribution in [0.3, 0.4) is 0 Å². The van der Waals surface area contributed by atoms with Gasteiger partial charge in [0.1, 0.15) is 0 Å². The van der Waals surface area contributed by atoms with Crippen LogP contribution in [0.2, 0.25) is 0 Å². The van der Waals surface area contributed by atoms with Crippen LogP contribution < -0.4 is 5.32 Å². The molecular weight excluding hydrogens is 146 g/mol. The molecule has 64 valence electrons. The van der Waals surface area contributed by atoms with Gasteiger partial charge in [-0.15, -0.1) is 0 Å². The highest BCUT2D eigenvalue weighted by Gasteiger charge is 2.15. The Balaban J connectivity index is 2.29. The van der Waals surface area contributed by atoms with Crippen molar-refractivity contribution in [1.82, 2.24) is 5.32 Å². The molecule has 2 unspecified atom stereocenters. The molecule has 0 aromatic rings. The number of nitrogens with one attached hydrogen (secondary N) is 1. The minimum Gasteiger partial charge on any atom is -0.379 e. The quantitative estimate of drug-likeness (QED) is 0.575. The first-order valence-electron chi connectivity index (χ1n) is 4.63. The van der Waals surface area contributed by atoms with Crippen molar-refractivity contribution in [2.45, 2.75) is 26.3 Å². The second-order valence-corrected chi connectivity index (χ2v) is 3.74. The van der Waals surface area contributed by atoms with Crippen LogP contribution in [0, 0.1) is 5.92 Å². The number of allylic oxidation sites excluding steroid dienone is 3. The van der Waals surface area contributed by atoms with E-state index in [4.69, 9.17) is 0 Å². The average Bonchev–Trinajstić information content (AvgIpc) is 2.03. The second-order valence-electron chi connectivity index (χ2n) is 3.74. The maximum Gasteiger partial charge on any atom is 0.0419 e. The SMILES string of the molecule is CC1C=C2NC(C)C=CC2=CC1. The third-order valence-corrected chi connectivity index (χ3v) is 2.42. The lowest BCUT2D eigenvalue weighted by Crippen LogP contribution is -2.28.